The van der Waals surface area contributed by atoms with Crippen LogP contribution in [0.3, 0.4) is 0 Å². The number of nitrogen functional groups attached to an aromatic ring is 1. The molecule has 1 heterocycles. The predicted molar refractivity (Wildman–Crippen MR) is 81.3 cm³/mol. The number of likely N-dealkylation sites (N-methyl/N-ethyl adjacent to an activating group) is 1. The van der Waals surface area contributed by atoms with Crippen LogP contribution in [0.1, 0.15) is 22.3 Å². The quantitative estimate of drug-likeness (QED) is 0.656. The molecule has 110 valence electrons. The van der Waals surface area contributed by atoms with Gasteiger partial charge in [-0.15, -0.1) is 0 Å². The Bertz CT molecular complexity index is 502. The van der Waals surface area contributed by atoms with Gasteiger partial charge in [-0.3, -0.25) is 0 Å². The third kappa shape index (κ3) is 3.04. The van der Waals surface area contributed by atoms with Crippen LogP contribution >= 0.6 is 0 Å². The van der Waals surface area contributed by atoms with Crippen molar-refractivity contribution < 1.29 is 9.53 Å². The van der Waals surface area contributed by atoms with E-state index in [0.29, 0.717) is 11.3 Å². The molecule has 1 aliphatic heterocycles. The van der Waals surface area contributed by atoms with E-state index in [2.05, 4.69) is 16.8 Å². The number of carbonyl (C=O) groups excluding carboxylic acids is 1. The van der Waals surface area contributed by atoms with Gasteiger partial charge in [0.05, 0.1) is 12.7 Å². The van der Waals surface area contributed by atoms with Gasteiger partial charge < -0.3 is 20.3 Å². The molecule has 2 N–H and O–H groups in total. The first kappa shape index (κ1) is 14.7. The van der Waals surface area contributed by atoms with Crippen LogP contribution in [-0.2, 0) is 4.74 Å². The van der Waals surface area contributed by atoms with Gasteiger partial charge in [0.25, 0.3) is 0 Å². The van der Waals surface area contributed by atoms with E-state index < -0.39 is 0 Å². The van der Waals surface area contributed by atoms with Gasteiger partial charge in [-0.25, -0.2) is 4.79 Å². The molecule has 1 aliphatic rings. The van der Waals surface area contributed by atoms with Gasteiger partial charge in [0.1, 0.15) is 0 Å². The lowest BCUT2D eigenvalue weighted by atomic mass is 10.1. The van der Waals surface area contributed by atoms with E-state index in [9.17, 15) is 4.79 Å². The Labute approximate surface area is 120 Å². The number of methoxy groups -OCH3 is 1. The van der Waals surface area contributed by atoms with Gasteiger partial charge in [-0.2, -0.15) is 0 Å². The molecule has 1 fully saturated rings. The summed E-state index contributed by atoms with van der Waals surface area (Å²) in [4.78, 5) is 16.4. The number of aryl methyl sites for hydroxylation is 1. The number of benzene rings is 1. The standard InChI is InChI=1S/C15H23N3O2/c1-11-9-12(10-13(14(11)16)15(19)20-3)18-6-4-5-17(2)7-8-18/h9-10H,4-8,16H2,1-3H3. The first-order valence-electron chi connectivity index (χ1n) is 6.95. The second-order valence-electron chi connectivity index (χ2n) is 5.36. The zero-order chi connectivity index (χ0) is 14.7. The van der Waals surface area contributed by atoms with Crippen molar-refractivity contribution in [2.75, 3.05) is 51.0 Å². The average Bonchev–Trinajstić information content (AvgIpc) is 2.65. The van der Waals surface area contributed by atoms with E-state index in [0.717, 1.165) is 43.9 Å². The highest BCUT2D eigenvalue weighted by Crippen LogP contribution is 2.26. The fourth-order valence-corrected chi connectivity index (χ4v) is 2.55. The molecule has 0 spiro atoms. The van der Waals surface area contributed by atoms with E-state index in [1.165, 1.54) is 7.11 Å². The number of nitrogens with zero attached hydrogens (tertiary/aromatic N) is 2. The Morgan fingerprint density at radius 3 is 2.70 bits per heavy atom. The van der Waals surface area contributed by atoms with E-state index in [1.807, 2.05) is 19.1 Å². The van der Waals surface area contributed by atoms with Crippen molar-refractivity contribution in [3.05, 3.63) is 23.3 Å². The number of rotatable bonds is 2. The van der Waals surface area contributed by atoms with Crippen LogP contribution in [-0.4, -0.2) is 51.2 Å². The number of carbonyl (C=O) groups is 1. The van der Waals surface area contributed by atoms with Gasteiger partial charge in [0, 0.05) is 31.0 Å². The van der Waals surface area contributed by atoms with Gasteiger partial charge >= 0.3 is 5.97 Å². The largest absolute Gasteiger partial charge is 0.465 e. The minimum absolute atomic E-state index is 0.376. The summed E-state index contributed by atoms with van der Waals surface area (Å²) in [5, 5.41) is 0. The Hall–Kier alpha value is -1.75. The SMILES string of the molecule is COC(=O)c1cc(N2CCCN(C)CC2)cc(C)c1N. The van der Waals surface area contributed by atoms with E-state index in [4.69, 9.17) is 10.5 Å². The minimum atomic E-state index is -0.376. The van der Waals surface area contributed by atoms with Crippen LogP contribution in [0, 0.1) is 6.92 Å². The zero-order valence-electron chi connectivity index (χ0n) is 12.5. The highest BCUT2D eigenvalue weighted by molar-refractivity contribution is 5.97. The van der Waals surface area contributed by atoms with Crippen LogP contribution in [0.15, 0.2) is 12.1 Å². The first-order chi connectivity index (χ1) is 9.52. The monoisotopic (exact) mass is 277 g/mol. The minimum Gasteiger partial charge on any atom is -0.465 e. The molecule has 0 radical (unpaired) electrons. The highest BCUT2D eigenvalue weighted by atomic mass is 16.5. The fourth-order valence-electron chi connectivity index (χ4n) is 2.55. The smallest absolute Gasteiger partial charge is 0.340 e. The Morgan fingerprint density at radius 2 is 2.00 bits per heavy atom. The van der Waals surface area contributed by atoms with E-state index in [1.54, 1.807) is 0 Å². The van der Waals surface area contributed by atoms with Crippen molar-refractivity contribution in [2.45, 2.75) is 13.3 Å². The molecule has 0 amide bonds. The summed E-state index contributed by atoms with van der Waals surface area (Å²) in [6.07, 6.45) is 1.12. The van der Waals surface area contributed by atoms with Gasteiger partial charge in [-0.1, -0.05) is 0 Å². The maximum Gasteiger partial charge on any atom is 0.340 e. The van der Waals surface area contributed by atoms with Crippen LogP contribution in [0.25, 0.3) is 0 Å². The molecule has 20 heavy (non-hydrogen) atoms. The Balaban J connectivity index is 2.32. The van der Waals surface area contributed by atoms with E-state index >= 15 is 0 Å². The maximum absolute atomic E-state index is 11.8. The molecule has 0 atom stereocenters. The molecule has 0 bridgehead atoms. The summed E-state index contributed by atoms with van der Waals surface area (Å²) in [7, 11) is 3.52. The predicted octanol–water partition coefficient (Wildman–Crippen LogP) is 1.51. The molecule has 0 aromatic heterocycles. The fraction of sp³-hybridized carbons (Fsp3) is 0.533. The lowest BCUT2D eigenvalue weighted by Crippen LogP contribution is -2.29. The van der Waals surface area contributed by atoms with Crippen molar-refractivity contribution >= 4 is 17.3 Å². The number of hydrogen-bond acceptors (Lipinski definition) is 5. The summed E-state index contributed by atoms with van der Waals surface area (Å²) in [6.45, 7) is 6.01. The third-order valence-electron chi connectivity index (χ3n) is 3.86. The molecule has 5 nitrogen and oxygen atoms in total. The topological polar surface area (TPSA) is 58.8 Å². The summed E-state index contributed by atoms with van der Waals surface area (Å²) in [5.41, 5.74) is 8.91. The molecule has 1 aromatic rings. The van der Waals surface area contributed by atoms with Gasteiger partial charge in [0.2, 0.25) is 0 Å². The van der Waals surface area contributed by atoms with Crippen molar-refractivity contribution in [2.24, 2.45) is 0 Å². The number of anilines is 2. The average molecular weight is 277 g/mol. The lowest BCUT2D eigenvalue weighted by molar-refractivity contribution is 0.0602. The van der Waals surface area contributed by atoms with Crippen LogP contribution < -0.4 is 10.6 Å². The Morgan fingerprint density at radius 1 is 1.25 bits per heavy atom. The van der Waals surface area contributed by atoms with Crippen molar-refractivity contribution in [3.8, 4) is 0 Å². The van der Waals surface area contributed by atoms with Crippen LogP contribution in [0.5, 0.6) is 0 Å². The third-order valence-corrected chi connectivity index (χ3v) is 3.86. The summed E-state index contributed by atoms with van der Waals surface area (Å²) < 4.78 is 4.81. The van der Waals surface area contributed by atoms with Crippen LogP contribution in [0.2, 0.25) is 0 Å². The number of ether oxygens (including phenoxy) is 1. The number of esters is 1. The Kier molecular flexibility index (Phi) is 4.49. The van der Waals surface area contributed by atoms with Crippen molar-refractivity contribution in [1.29, 1.82) is 0 Å². The zero-order valence-corrected chi connectivity index (χ0v) is 12.5. The molecule has 0 aliphatic carbocycles. The lowest BCUT2D eigenvalue weighted by Gasteiger charge is -2.24. The molecular weight excluding hydrogens is 254 g/mol. The second-order valence-corrected chi connectivity index (χ2v) is 5.36. The number of hydrogen-bond donors (Lipinski definition) is 1. The maximum atomic E-state index is 11.8. The van der Waals surface area contributed by atoms with Gasteiger partial charge in [-0.05, 0) is 44.6 Å². The normalized spacial score (nSPS) is 16.9. The summed E-state index contributed by atoms with van der Waals surface area (Å²) >= 11 is 0. The highest BCUT2D eigenvalue weighted by Gasteiger charge is 2.18. The first-order valence-corrected chi connectivity index (χ1v) is 6.95. The summed E-state index contributed by atoms with van der Waals surface area (Å²) in [5.74, 6) is -0.376. The van der Waals surface area contributed by atoms with Crippen molar-refractivity contribution in [3.63, 3.8) is 0 Å². The number of nitrogens with two attached hydrogens (primary N) is 1. The van der Waals surface area contributed by atoms with E-state index in [-0.39, 0.29) is 5.97 Å². The van der Waals surface area contributed by atoms with Crippen LogP contribution in [0.4, 0.5) is 11.4 Å². The molecule has 2 rings (SSSR count). The molecule has 5 heteroatoms. The molecule has 1 saturated heterocycles. The second kappa shape index (κ2) is 6.13. The molecule has 0 unspecified atom stereocenters. The van der Waals surface area contributed by atoms with Crippen molar-refractivity contribution in [1.82, 2.24) is 4.90 Å². The molecule has 1 aromatic carbocycles. The summed E-state index contributed by atoms with van der Waals surface area (Å²) in [6, 6.07) is 3.90. The molecule has 0 saturated carbocycles. The molecular formula is C15H23N3O2. The van der Waals surface area contributed by atoms with Gasteiger partial charge in [0.15, 0.2) is 0 Å².